The Morgan fingerprint density at radius 2 is 1.92 bits per heavy atom. The van der Waals surface area contributed by atoms with E-state index in [1.807, 2.05) is 39.8 Å². The number of likely N-dealkylation sites (N-methyl/N-ethyl adjacent to an activating group) is 1. The monoisotopic (exact) mass is 334 g/mol. The van der Waals surface area contributed by atoms with Gasteiger partial charge in [0.05, 0.1) is 13.7 Å². The van der Waals surface area contributed by atoms with Crippen LogP contribution in [0.15, 0.2) is 18.2 Å². The summed E-state index contributed by atoms with van der Waals surface area (Å²) in [5.74, 6) is -0.268. The van der Waals surface area contributed by atoms with E-state index in [0.29, 0.717) is 13.0 Å². The largest absolute Gasteiger partial charge is 0.444 e. The SMILES string of the molecule is CON(C)C(=O)[C@@H]1Cc2cc(C)ccc2CN1C(=O)OC(C)(C)C. The summed E-state index contributed by atoms with van der Waals surface area (Å²) in [4.78, 5) is 31.8. The number of ether oxygens (including phenoxy) is 1. The molecule has 0 N–H and O–H groups in total. The minimum Gasteiger partial charge on any atom is -0.444 e. The number of fused-ring (bicyclic) bond motifs is 1. The van der Waals surface area contributed by atoms with Crippen molar-refractivity contribution in [2.45, 2.75) is 52.3 Å². The molecule has 0 unspecified atom stereocenters. The van der Waals surface area contributed by atoms with Gasteiger partial charge >= 0.3 is 6.09 Å². The van der Waals surface area contributed by atoms with Gasteiger partial charge in [-0.1, -0.05) is 23.8 Å². The zero-order valence-corrected chi connectivity index (χ0v) is 15.3. The molecule has 0 saturated heterocycles. The number of carbonyl (C=O) groups is 2. The molecule has 0 radical (unpaired) electrons. The highest BCUT2D eigenvalue weighted by molar-refractivity contribution is 5.86. The quantitative estimate of drug-likeness (QED) is 0.780. The number of rotatable bonds is 2. The first-order valence-electron chi connectivity index (χ1n) is 8.02. The summed E-state index contributed by atoms with van der Waals surface area (Å²) < 4.78 is 5.49. The van der Waals surface area contributed by atoms with Gasteiger partial charge in [0.1, 0.15) is 11.6 Å². The first-order valence-corrected chi connectivity index (χ1v) is 8.02. The van der Waals surface area contributed by atoms with Crippen molar-refractivity contribution in [3.63, 3.8) is 0 Å². The lowest BCUT2D eigenvalue weighted by Crippen LogP contribution is -2.53. The Balaban J connectivity index is 2.35. The molecule has 1 atom stereocenters. The summed E-state index contributed by atoms with van der Waals surface area (Å²) in [7, 11) is 2.97. The highest BCUT2D eigenvalue weighted by Crippen LogP contribution is 2.27. The van der Waals surface area contributed by atoms with Crippen LogP contribution in [-0.4, -0.2) is 47.8 Å². The molecule has 0 aromatic heterocycles. The number of benzene rings is 1. The summed E-state index contributed by atoms with van der Waals surface area (Å²) in [6, 6.07) is 5.44. The van der Waals surface area contributed by atoms with Gasteiger partial charge in [-0.3, -0.25) is 14.5 Å². The molecule has 0 aliphatic carbocycles. The average Bonchev–Trinajstić information content (AvgIpc) is 2.50. The molecular weight excluding hydrogens is 308 g/mol. The van der Waals surface area contributed by atoms with Crippen molar-refractivity contribution in [1.82, 2.24) is 9.96 Å². The van der Waals surface area contributed by atoms with Crippen molar-refractivity contribution >= 4 is 12.0 Å². The number of nitrogens with zero attached hydrogens (tertiary/aromatic N) is 2. The van der Waals surface area contributed by atoms with Gasteiger partial charge in [-0.15, -0.1) is 0 Å². The number of aryl methyl sites for hydroxylation is 1. The molecule has 132 valence electrons. The van der Waals surface area contributed by atoms with E-state index in [9.17, 15) is 9.59 Å². The molecule has 1 aliphatic rings. The normalized spacial score (nSPS) is 17.2. The van der Waals surface area contributed by atoms with Crippen molar-refractivity contribution in [3.05, 3.63) is 34.9 Å². The Labute approximate surface area is 143 Å². The molecule has 2 amide bonds. The standard InChI is InChI=1S/C18H26N2O4/c1-12-7-8-13-11-20(17(22)24-18(2,3)4)15(10-14(13)9-12)16(21)19(5)23-6/h7-9,15H,10-11H2,1-6H3/t15-/m0/s1. The zero-order valence-electron chi connectivity index (χ0n) is 15.3. The fourth-order valence-corrected chi connectivity index (χ4v) is 2.74. The van der Waals surface area contributed by atoms with Crippen LogP contribution in [0.25, 0.3) is 0 Å². The Hall–Kier alpha value is -2.08. The summed E-state index contributed by atoms with van der Waals surface area (Å²) in [6.45, 7) is 7.79. The lowest BCUT2D eigenvalue weighted by atomic mass is 9.92. The smallest absolute Gasteiger partial charge is 0.411 e. The average molecular weight is 334 g/mol. The minimum absolute atomic E-state index is 0.268. The third-order valence-corrected chi connectivity index (χ3v) is 3.99. The van der Waals surface area contributed by atoms with E-state index in [1.165, 1.54) is 12.0 Å². The minimum atomic E-state index is -0.640. The maximum absolute atomic E-state index is 12.7. The van der Waals surface area contributed by atoms with Crippen LogP contribution in [0.1, 0.15) is 37.5 Å². The van der Waals surface area contributed by atoms with Crippen LogP contribution < -0.4 is 0 Å². The summed E-state index contributed by atoms with van der Waals surface area (Å²) in [5, 5.41) is 1.16. The molecule has 0 saturated carbocycles. The van der Waals surface area contributed by atoms with Crippen molar-refractivity contribution in [1.29, 1.82) is 0 Å². The molecule has 0 fully saturated rings. The summed E-state index contributed by atoms with van der Waals surface area (Å²) >= 11 is 0. The molecule has 1 aliphatic heterocycles. The number of hydrogen-bond acceptors (Lipinski definition) is 4. The lowest BCUT2D eigenvalue weighted by Gasteiger charge is -2.38. The molecule has 0 bridgehead atoms. The van der Waals surface area contributed by atoms with E-state index in [-0.39, 0.29) is 5.91 Å². The Bertz CT molecular complexity index is 636. The molecular formula is C18H26N2O4. The van der Waals surface area contributed by atoms with Gasteiger partial charge in [-0.25, -0.2) is 9.86 Å². The summed E-state index contributed by atoms with van der Waals surface area (Å²) in [5.41, 5.74) is 2.63. The molecule has 0 spiro atoms. The van der Waals surface area contributed by atoms with Crippen LogP contribution in [0.4, 0.5) is 4.79 Å². The van der Waals surface area contributed by atoms with Crippen molar-refractivity contribution in [3.8, 4) is 0 Å². The molecule has 1 aromatic rings. The first kappa shape index (κ1) is 18.3. The third kappa shape index (κ3) is 4.06. The Kier molecular flexibility index (Phi) is 5.18. The summed E-state index contributed by atoms with van der Waals surface area (Å²) in [6.07, 6.45) is -0.0421. The van der Waals surface area contributed by atoms with Crippen molar-refractivity contribution in [2.24, 2.45) is 0 Å². The van der Waals surface area contributed by atoms with Crippen molar-refractivity contribution in [2.75, 3.05) is 14.2 Å². The Morgan fingerprint density at radius 3 is 2.50 bits per heavy atom. The van der Waals surface area contributed by atoms with E-state index in [2.05, 4.69) is 6.07 Å². The van der Waals surface area contributed by atoms with Crippen LogP contribution >= 0.6 is 0 Å². The Morgan fingerprint density at radius 1 is 1.25 bits per heavy atom. The molecule has 1 aromatic carbocycles. The van der Waals surface area contributed by atoms with Gasteiger partial charge < -0.3 is 4.74 Å². The topological polar surface area (TPSA) is 59.1 Å². The van der Waals surface area contributed by atoms with Crippen LogP contribution in [0.3, 0.4) is 0 Å². The van der Waals surface area contributed by atoms with Crippen LogP contribution in [-0.2, 0) is 27.3 Å². The lowest BCUT2D eigenvalue weighted by molar-refractivity contribution is -0.174. The molecule has 1 heterocycles. The molecule has 24 heavy (non-hydrogen) atoms. The maximum Gasteiger partial charge on any atom is 0.411 e. The van der Waals surface area contributed by atoms with Gasteiger partial charge in [-0.2, -0.15) is 0 Å². The van der Waals surface area contributed by atoms with Gasteiger partial charge in [0, 0.05) is 13.5 Å². The number of hydrogen-bond donors (Lipinski definition) is 0. The first-order chi connectivity index (χ1) is 11.1. The van der Waals surface area contributed by atoms with Gasteiger partial charge in [0.2, 0.25) is 0 Å². The highest BCUT2D eigenvalue weighted by atomic mass is 16.7. The predicted molar refractivity (Wildman–Crippen MR) is 90.2 cm³/mol. The number of hydroxylamine groups is 2. The maximum atomic E-state index is 12.7. The second kappa shape index (κ2) is 6.81. The van der Waals surface area contributed by atoms with Gasteiger partial charge in [0.15, 0.2) is 0 Å². The van der Waals surface area contributed by atoms with E-state index in [1.54, 1.807) is 7.05 Å². The van der Waals surface area contributed by atoms with Crippen LogP contribution in [0.5, 0.6) is 0 Å². The van der Waals surface area contributed by atoms with E-state index < -0.39 is 17.7 Å². The van der Waals surface area contributed by atoms with Gasteiger partial charge in [0.25, 0.3) is 5.91 Å². The molecule has 2 rings (SSSR count). The fourth-order valence-electron chi connectivity index (χ4n) is 2.74. The van der Waals surface area contributed by atoms with Crippen molar-refractivity contribution < 1.29 is 19.2 Å². The van der Waals surface area contributed by atoms with Crippen LogP contribution in [0, 0.1) is 6.92 Å². The predicted octanol–water partition coefficient (Wildman–Crippen LogP) is 2.68. The van der Waals surface area contributed by atoms with Crippen LogP contribution in [0.2, 0.25) is 0 Å². The third-order valence-electron chi connectivity index (χ3n) is 3.99. The van der Waals surface area contributed by atoms with E-state index in [4.69, 9.17) is 9.57 Å². The molecule has 6 nitrogen and oxygen atoms in total. The second-order valence-electron chi connectivity index (χ2n) is 7.12. The van der Waals surface area contributed by atoms with Gasteiger partial charge in [-0.05, 0) is 38.8 Å². The second-order valence-corrected chi connectivity index (χ2v) is 7.12. The highest BCUT2D eigenvalue weighted by Gasteiger charge is 2.38. The molecule has 6 heteroatoms. The van der Waals surface area contributed by atoms with E-state index >= 15 is 0 Å². The number of carbonyl (C=O) groups excluding carboxylic acids is 2. The van der Waals surface area contributed by atoms with E-state index in [0.717, 1.165) is 21.8 Å². The fraction of sp³-hybridized carbons (Fsp3) is 0.556. The zero-order chi connectivity index (χ0) is 18.1. The number of amides is 2.